The van der Waals surface area contributed by atoms with Crippen molar-refractivity contribution < 1.29 is 22.9 Å². The van der Waals surface area contributed by atoms with E-state index in [9.17, 15) is 23.3 Å². The number of hydrogen-bond acceptors (Lipinski definition) is 6. The number of rotatable bonds is 7. The van der Waals surface area contributed by atoms with Gasteiger partial charge in [-0.05, 0) is 43.7 Å². The van der Waals surface area contributed by atoms with Crippen molar-refractivity contribution in [2.45, 2.75) is 56.4 Å². The normalized spacial score (nSPS) is 22.9. The Kier molecular flexibility index (Phi) is 6.74. The van der Waals surface area contributed by atoms with E-state index in [1.807, 2.05) is 0 Å². The van der Waals surface area contributed by atoms with Gasteiger partial charge in [0, 0.05) is 25.2 Å². The second kappa shape index (κ2) is 9.08. The zero-order chi connectivity index (χ0) is 21.0. The maximum absolute atomic E-state index is 12.6. The van der Waals surface area contributed by atoms with E-state index in [0.29, 0.717) is 19.0 Å². The smallest absolute Gasteiger partial charge is 0.312 e. The fraction of sp³-hybridized carbons (Fsp3) is 0.632. The van der Waals surface area contributed by atoms with Crippen LogP contribution >= 0.6 is 0 Å². The van der Waals surface area contributed by atoms with Crippen LogP contribution in [0.5, 0.6) is 5.75 Å². The molecule has 0 bridgehead atoms. The summed E-state index contributed by atoms with van der Waals surface area (Å²) in [7, 11) is -3.77. The second-order valence-corrected chi connectivity index (χ2v) is 9.66. The van der Waals surface area contributed by atoms with Crippen LogP contribution in [0.1, 0.15) is 45.4 Å². The molecule has 160 valence electrons. The Morgan fingerprint density at radius 3 is 2.59 bits per heavy atom. The molecule has 2 fully saturated rings. The highest BCUT2D eigenvalue weighted by atomic mass is 32.2. The van der Waals surface area contributed by atoms with E-state index >= 15 is 0 Å². The number of nitrogens with one attached hydrogen (secondary N) is 1. The van der Waals surface area contributed by atoms with Gasteiger partial charge in [0.15, 0.2) is 12.4 Å². The summed E-state index contributed by atoms with van der Waals surface area (Å²) < 4.78 is 32.0. The molecule has 0 spiro atoms. The van der Waals surface area contributed by atoms with Gasteiger partial charge in [0.2, 0.25) is 10.0 Å². The minimum atomic E-state index is -3.77. The molecule has 1 aliphatic heterocycles. The highest BCUT2D eigenvalue weighted by molar-refractivity contribution is 7.89. The van der Waals surface area contributed by atoms with Gasteiger partial charge < -0.3 is 10.1 Å². The largest absolute Gasteiger partial charge is 0.477 e. The Morgan fingerprint density at radius 1 is 1.24 bits per heavy atom. The summed E-state index contributed by atoms with van der Waals surface area (Å²) in [6, 6.07) is 3.63. The molecule has 9 nitrogen and oxygen atoms in total. The lowest BCUT2D eigenvalue weighted by Gasteiger charge is -2.29. The monoisotopic (exact) mass is 425 g/mol. The van der Waals surface area contributed by atoms with E-state index in [1.54, 1.807) is 0 Å². The van der Waals surface area contributed by atoms with Crippen LogP contribution in [-0.4, -0.2) is 49.3 Å². The fourth-order valence-electron chi connectivity index (χ4n) is 3.92. The molecule has 1 aromatic rings. The standard InChI is InChI=1S/C19H27N3O6S/c1-14-6-2-3-7-16(14)20-19(23)13-28-18-9-8-15(12-17(18)22(24)25)29(26,27)21-10-4-5-11-21/h8-9,12,14,16H,2-7,10-11,13H2,1H3,(H,20,23)/t14-,16-/m0/s1. The number of hydrogen-bond donors (Lipinski definition) is 1. The summed E-state index contributed by atoms with van der Waals surface area (Å²) in [5.74, 6) is -0.0776. The Balaban J connectivity index is 1.69. The first-order valence-corrected chi connectivity index (χ1v) is 11.4. The van der Waals surface area contributed by atoms with E-state index in [1.165, 1.54) is 16.4 Å². The van der Waals surface area contributed by atoms with Gasteiger partial charge in [-0.1, -0.05) is 19.8 Å². The Bertz CT molecular complexity index is 867. The number of nitrogens with zero attached hydrogens (tertiary/aromatic N) is 2. The predicted molar refractivity (Wildman–Crippen MR) is 106 cm³/mol. The zero-order valence-corrected chi connectivity index (χ0v) is 17.3. The van der Waals surface area contributed by atoms with Gasteiger partial charge >= 0.3 is 5.69 Å². The average molecular weight is 426 g/mol. The van der Waals surface area contributed by atoms with E-state index in [2.05, 4.69) is 12.2 Å². The van der Waals surface area contributed by atoms with Gasteiger partial charge in [0.1, 0.15) is 0 Å². The number of sulfonamides is 1. The minimum absolute atomic E-state index is 0.0859. The summed E-state index contributed by atoms with van der Waals surface area (Å²) >= 11 is 0. The molecular weight excluding hydrogens is 398 g/mol. The van der Waals surface area contributed by atoms with Crippen molar-refractivity contribution in [2.24, 2.45) is 5.92 Å². The van der Waals surface area contributed by atoms with Crippen LogP contribution in [0.3, 0.4) is 0 Å². The lowest BCUT2D eigenvalue weighted by Crippen LogP contribution is -2.43. The van der Waals surface area contributed by atoms with Crippen molar-refractivity contribution in [1.82, 2.24) is 9.62 Å². The maximum Gasteiger partial charge on any atom is 0.312 e. The molecule has 3 rings (SSSR count). The summed E-state index contributed by atoms with van der Waals surface area (Å²) in [6.07, 6.45) is 5.74. The van der Waals surface area contributed by atoms with Crippen LogP contribution in [0.15, 0.2) is 23.1 Å². The van der Waals surface area contributed by atoms with Gasteiger partial charge in [-0.15, -0.1) is 0 Å². The topological polar surface area (TPSA) is 119 Å². The Morgan fingerprint density at radius 2 is 1.93 bits per heavy atom. The first kappa shape index (κ1) is 21.5. The number of ether oxygens (including phenoxy) is 1. The predicted octanol–water partition coefficient (Wildman–Crippen LogP) is 2.45. The van der Waals surface area contributed by atoms with Gasteiger partial charge in [-0.25, -0.2) is 8.42 Å². The van der Waals surface area contributed by atoms with Crippen molar-refractivity contribution in [3.05, 3.63) is 28.3 Å². The number of nitro benzene ring substituents is 1. The molecule has 29 heavy (non-hydrogen) atoms. The van der Waals surface area contributed by atoms with Crippen molar-refractivity contribution in [3.8, 4) is 5.75 Å². The van der Waals surface area contributed by atoms with E-state index in [-0.39, 0.29) is 29.2 Å². The summed E-state index contributed by atoms with van der Waals surface area (Å²) in [4.78, 5) is 22.8. The third-order valence-corrected chi connectivity index (χ3v) is 7.54. The molecule has 0 unspecified atom stereocenters. The van der Waals surface area contributed by atoms with Gasteiger partial charge in [0.25, 0.3) is 5.91 Å². The quantitative estimate of drug-likeness (QED) is 0.529. The lowest BCUT2D eigenvalue weighted by atomic mass is 9.86. The zero-order valence-electron chi connectivity index (χ0n) is 16.5. The van der Waals surface area contributed by atoms with Crippen LogP contribution in [-0.2, 0) is 14.8 Å². The molecule has 2 atom stereocenters. The fourth-order valence-corrected chi connectivity index (χ4v) is 5.46. The molecule has 1 aromatic carbocycles. The highest BCUT2D eigenvalue weighted by Gasteiger charge is 2.30. The molecule has 1 aliphatic carbocycles. The molecule has 1 saturated carbocycles. The lowest BCUT2D eigenvalue weighted by molar-refractivity contribution is -0.386. The van der Waals surface area contributed by atoms with Gasteiger partial charge in [-0.3, -0.25) is 14.9 Å². The third kappa shape index (κ3) is 5.05. The van der Waals surface area contributed by atoms with Crippen LogP contribution < -0.4 is 10.1 Å². The van der Waals surface area contributed by atoms with Crippen LogP contribution in [0.4, 0.5) is 5.69 Å². The molecule has 1 saturated heterocycles. The molecule has 0 aromatic heterocycles. The van der Waals surface area contributed by atoms with Crippen LogP contribution in [0.2, 0.25) is 0 Å². The Hall–Kier alpha value is -2.20. The molecule has 1 N–H and O–H groups in total. The second-order valence-electron chi connectivity index (χ2n) is 7.72. The van der Waals surface area contributed by atoms with Crippen molar-refractivity contribution >= 4 is 21.6 Å². The molecule has 1 heterocycles. The minimum Gasteiger partial charge on any atom is -0.477 e. The SMILES string of the molecule is C[C@H]1CCCC[C@@H]1NC(=O)COc1ccc(S(=O)(=O)N2CCCC2)cc1[N+](=O)[O-]. The number of carbonyl (C=O) groups is 1. The van der Waals surface area contributed by atoms with Crippen molar-refractivity contribution in [1.29, 1.82) is 0 Å². The molecule has 2 aliphatic rings. The van der Waals surface area contributed by atoms with E-state index in [0.717, 1.165) is 44.6 Å². The third-order valence-electron chi connectivity index (χ3n) is 5.65. The van der Waals surface area contributed by atoms with Crippen LogP contribution in [0.25, 0.3) is 0 Å². The average Bonchev–Trinajstić information content (AvgIpc) is 3.23. The summed E-state index contributed by atoms with van der Waals surface area (Å²) in [6.45, 7) is 2.56. The number of nitro groups is 1. The summed E-state index contributed by atoms with van der Waals surface area (Å²) in [5, 5.41) is 14.4. The number of carbonyl (C=O) groups excluding carboxylic acids is 1. The molecule has 1 amide bonds. The first-order valence-electron chi connectivity index (χ1n) is 10.00. The van der Waals surface area contributed by atoms with Crippen molar-refractivity contribution in [2.75, 3.05) is 19.7 Å². The highest BCUT2D eigenvalue weighted by Crippen LogP contribution is 2.32. The van der Waals surface area contributed by atoms with E-state index < -0.39 is 20.6 Å². The Labute approximate surface area is 170 Å². The van der Waals surface area contributed by atoms with E-state index in [4.69, 9.17) is 4.74 Å². The van der Waals surface area contributed by atoms with Crippen molar-refractivity contribution in [3.63, 3.8) is 0 Å². The number of benzene rings is 1. The first-order chi connectivity index (χ1) is 13.8. The molecular formula is C19H27N3O6S. The molecule has 10 heteroatoms. The number of amides is 1. The summed E-state index contributed by atoms with van der Waals surface area (Å²) in [5.41, 5.74) is -0.468. The molecule has 0 radical (unpaired) electrons. The van der Waals surface area contributed by atoms with Gasteiger partial charge in [-0.2, -0.15) is 4.31 Å². The maximum atomic E-state index is 12.6. The van der Waals surface area contributed by atoms with Crippen LogP contribution in [0, 0.1) is 16.0 Å². The van der Waals surface area contributed by atoms with Gasteiger partial charge in [0.05, 0.1) is 9.82 Å².